The Hall–Kier alpha value is 0.840. The number of quaternary nitrogens is 2. The summed E-state index contributed by atoms with van der Waals surface area (Å²) in [4.78, 5) is 0. The van der Waals surface area contributed by atoms with E-state index in [1.165, 1.54) is 198 Å². The molecule has 0 amide bonds. The molecule has 0 aromatic carbocycles. The molecule has 0 fully saturated rings. The van der Waals surface area contributed by atoms with Gasteiger partial charge in [0, 0.05) is 6.54 Å². The number of rotatable bonds is 33. The van der Waals surface area contributed by atoms with Crippen LogP contribution in [0.3, 0.4) is 0 Å². The first kappa shape index (κ1) is 47.2. The smallest absolute Gasteiger partial charge is 0.132 e. The third-order valence-corrected chi connectivity index (χ3v) is 9.14. The monoisotopic (exact) mass is 725 g/mol. The van der Waals surface area contributed by atoms with Crippen LogP contribution >= 0.6 is 0 Å². The SMILES string of the molecule is CCCCCCCCCCCCCC[N+](C)(C)CCCCNC[N+](C)(C)CCCCCCCCCCCCCC.[Br-].[Br-]. The first-order valence-electron chi connectivity index (χ1n) is 18.7. The highest BCUT2D eigenvalue weighted by Gasteiger charge is 2.15. The van der Waals surface area contributed by atoms with E-state index >= 15 is 0 Å². The largest absolute Gasteiger partial charge is 1.00 e. The lowest BCUT2D eigenvalue weighted by molar-refractivity contribution is -0.893. The minimum Gasteiger partial charge on any atom is -1.00 e. The molecular weight excluding hydrogens is 646 g/mol. The molecule has 258 valence electrons. The summed E-state index contributed by atoms with van der Waals surface area (Å²) in [5.74, 6) is 0. The zero-order valence-corrected chi connectivity index (χ0v) is 33.2. The molecule has 0 aromatic rings. The van der Waals surface area contributed by atoms with E-state index in [1.54, 1.807) is 0 Å². The molecule has 0 aliphatic carbocycles. The predicted molar refractivity (Wildman–Crippen MR) is 183 cm³/mol. The number of nitrogens with zero attached hydrogens (tertiary/aromatic N) is 2. The molecule has 0 radical (unpaired) electrons. The lowest BCUT2D eigenvalue weighted by Gasteiger charge is -2.31. The zero-order valence-electron chi connectivity index (χ0n) is 30.1. The van der Waals surface area contributed by atoms with E-state index in [0.717, 1.165) is 11.2 Å². The van der Waals surface area contributed by atoms with E-state index in [9.17, 15) is 0 Å². The van der Waals surface area contributed by atoms with Gasteiger partial charge in [0.05, 0.1) is 47.8 Å². The van der Waals surface area contributed by atoms with Crippen molar-refractivity contribution < 1.29 is 42.9 Å². The van der Waals surface area contributed by atoms with E-state index in [1.807, 2.05) is 0 Å². The highest BCUT2D eigenvalue weighted by atomic mass is 79.9. The Morgan fingerprint density at radius 1 is 0.333 bits per heavy atom. The Kier molecular flexibility index (Phi) is 39.0. The van der Waals surface area contributed by atoms with Gasteiger partial charge in [-0.3, -0.25) is 5.32 Å². The van der Waals surface area contributed by atoms with E-state index < -0.39 is 0 Å². The minimum atomic E-state index is 0. The van der Waals surface area contributed by atoms with Crippen molar-refractivity contribution in [3.05, 3.63) is 0 Å². The van der Waals surface area contributed by atoms with E-state index in [4.69, 9.17) is 0 Å². The summed E-state index contributed by atoms with van der Waals surface area (Å²) in [7, 11) is 9.70. The summed E-state index contributed by atoms with van der Waals surface area (Å²) in [5.41, 5.74) is 0. The Bertz CT molecular complexity index is 455. The molecule has 0 spiro atoms. The van der Waals surface area contributed by atoms with Crippen molar-refractivity contribution in [1.29, 1.82) is 0 Å². The summed E-state index contributed by atoms with van der Waals surface area (Å²) >= 11 is 0. The lowest BCUT2D eigenvalue weighted by atomic mass is 10.1. The van der Waals surface area contributed by atoms with Gasteiger partial charge in [0.25, 0.3) is 0 Å². The highest BCUT2D eigenvalue weighted by Crippen LogP contribution is 2.14. The van der Waals surface area contributed by atoms with Gasteiger partial charge in [0.15, 0.2) is 0 Å². The molecular formula is C37H81Br2N3. The van der Waals surface area contributed by atoms with Crippen molar-refractivity contribution in [1.82, 2.24) is 5.32 Å². The van der Waals surface area contributed by atoms with Crippen molar-refractivity contribution >= 4 is 0 Å². The van der Waals surface area contributed by atoms with Crippen LogP contribution in [-0.2, 0) is 0 Å². The van der Waals surface area contributed by atoms with Gasteiger partial charge >= 0.3 is 0 Å². The first-order valence-corrected chi connectivity index (χ1v) is 18.7. The topological polar surface area (TPSA) is 12.0 Å². The van der Waals surface area contributed by atoms with Gasteiger partial charge in [-0.1, -0.05) is 142 Å². The number of hydrogen-bond donors (Lipinski definition) is 1. The molecule has 42 heavy (non-hydrogen) atoms. The maximum Gasteiger partial charge on any atom is 0.132 e. The van der Waals surface area contributed by atoms with Crippen LogP contribution in [0.5, 0.6) is 0 Å². The van der Waals surface area contributed by atoms with Gasteiger partial charge in [0.1, 0.15) is 6.67 Å². The molecule has 0 unspecified atom stereocenters. The third-order valence-electron chi connectivity index (χ3n) is 9.14. The minimum absolute atomic E-state index is 0. The number of nitrogens with one attached hydrogen (secondary N) is 1. The van der Waals surface area contributed by atoms with Gasteiger partial charge in [-0.25, -0.2) is 0 Å². The van der Waals surface area contributed by atoms with Crippen LogP contribution in [0.25, 0.3) is 0 Å². The zero-order chi connectivity index (χ0) is 29.6. The summed E-state index contributed by atoms with van der Waals surface area (Å²) in [6.07, 6.45) is 37.3. The third kappa shape index (κ3) is 37.0. The van der Waals surface area contributed by atoms with E-state index in [2.05, 4.69) is 47.4 Å². The van der Waals surface area contributed by atoms with Crippen LogP contribution in [0.4, 0.5) is 0 Å². The molecule has 0 aliphatic heterocycles. The van der Waals surface area contributed by atoms with Crippen LogP contribution in [0.1, 0.15) is 181 Å². The fourth-order valence-corrected chi connectivity index (χ4v) is 6.12. The lowest BCUT2D eigenvalue weighted by Crippen LogP contribution is -3.00. The molecule has 5 heteroatoms. The normalized spacial score (nSPS) is 11.9. The van der Waals surface area contributed by atoms with Crippen LogP contribution in [0.2, 0.25) is 0 Å². The van der Waals surface area contributed by atoms with E-state index in [0.29, 0.717) is 0 Å². The quantitative estimate of drug-likeness (QED) is 0.0579. The Labute approximate surface area is 288 Å². The summed E-state index contributed by atoms with van der Waals surface area (Å²) < 4.78 is 2.33. The van der Waals surface area contributed by atoms with Crippen molar-refractivity contribution in [3.8, 4) is 0 Å². The molecule has 0 heterocycles. The second kappa shape index (κ2) is 34.7. The van der Waals surface area contributed by atoms with Gasteiger partial charge in [-0.2, -0.15) is 0 Å². The van der Waals surface area contributed by atoms with Gasteiger partial charge in [-0.15, -0.1) is 0 Å². The fraction of sp³-hybridized carbons (Fsp3) is 1.00. The van der Waals surface area contributed by atoms with Crippen LogP contribution in [-0.4, -0.2) is 70.0 Å². The molecule has 0 aromatic heterocycles. The van der Waals surface area contributed by atoms with Crippen LogP contribution < -0.4 is 39.3 Å². The second-order valence-electron chi connectivity index (χ2n) is 14.7. The Morgan fingerprint density at radius 3 is 0.929 bits per heavy atom. The Morgan fingerprint density at radius 2 is 0.595 bits per heavy atom. The predicted octanol–water partition coefficient (Wildman–Crippen LogP) is 4.88. The van der Waals surface area contributed by atoms with Crippen molar-refractivity contribution in [2.45, 2.75) is 181 Å². The molecule has 1 N–H and O–H groups in total. The average Bonchev–Trinajstić information content (AvgIpc) is 2.91. The molecule has 0 saturated carbocycles. The summed E-state index contributed by atoms with van der Waals surface area (Å²) in [6, 6.07) is 0. The van der Waals surface area contributed by atoms with Crippen molar-refractivity contribution in [3.63, 3.8) is 0 Å². The number of halogens is 2. The molecule has 0 saturated heterocycles. The number of hydrogen-bond acceptors (Lipinski definition) is 1. The average molecular weight is 728 g/mol. The van der Waals surface area contributed by atoms with Crippen LogP contribution in [0, 0.1) is 0 Å². The standard InChI is InChI=1S/C37H81N3.2BrH/c1-7-9-11-13-15-17-19-21-23-25-27-30-34-39(3,4)35-32-29-33-38-37-40(5,6)36-31-28-26-24-22-20-18-16-14-12-10-8-2;;/h38H,7-37H2,1-6H3;2*1H/q+2;;/p-2. The first-order chi connectivity index (χ1) is 19.3. The van der Waals surface area contributed by atoms with Crippen molar-refractivity contribution in [2.75, 3.05) is 61.0 Å². The van der Waals surface area contributed by atoms with Crippen LogP contribution in [0.15, 0.2) is 0 Å². The number of unbranched alkanes of at least 4 members (excludes halogenated alkanes) is 23. The maximum atomic E-state index is 3.76. The Balaban J connectivity index is -0.00000760. The molecule has 3 nitrogen and oxygen atoms in total. The maximum absolute atomic E-state index is 3.76. The molecule has 0 atom stereocenters. The highest BCUT2D eigenvalue weighted by molar-refractivity contribution is 4.51. The van der Waals surface area contributed by atoms with Gasteiger partial charge < -0.3 is 42.9 Å². The fourth-order valence-electron chi connectivity index (χ4n) is 6.12. The van der Waals surface area contributed by atoms with Gasteiger partial charge in [-0.05, 0) is 38.5 Å². The van der Waals surface area contributed by atoms with Crippen molar-refractivity contribution in [2.24, 2.45) is 0 Å². The molecule has 0 rings (SSSR count). The summed E-state index contributed by atoms with van der Waals surface area (Å²) in [5, 5.41) is 3.76. The second-order valence-corrected chi connectivity index (χ2v) is 14.7. The molecule has 0 aliphatic rings. The van der Waals surface area contributed by atoms with E-state index in [-0.39, 0.29) is 34.0 Å². The molecule has 0 bridgehead atoms. The van der Waals surface area contributed by atoms with Gasteiger partial charge in [0.2, 0.25) is 0 Å². The summed E-state index contributed by atoms with van der Waals surface area (Å²) in [6.45, 7) is 10.9.